The molecule has 0 bridgehead atoms. The molecule has 1 saturated heterocycles. The summed E-state index contributed by atoms with van der Waals surface area (Å²) in [4.78, 5) is 25.1. The van der Waals surface area contributed by atoms with Crippen molar-refractivity contribution >= 4 is 17.7 Å². The number of nitrogens with zero attached hydrogens (tertiary/aromatic N) is 4. The molecule has 25 heavy (non-hydrogen) atoms. The van der Waals surface area contributed by atoms with E-state index in [2.05, 4.69) is 46.3 Å². The SMILES string of the molecule is CN=C(NCCC(=O)N1CCN(c2ccccn2)CC1)NC(C)(C)C. The highest BCUT2D eigenvalue weighted by Crippen LogP contribution is 2.12. The number of aromatic nitrogens is 1. The molecule has 0 atom stereocenters. The number of rotatable bonds is 4. The summed E-state index contributed by atoms with van der Waals surface area (Å²) in [5.41, 5.74) is -0.0619. The van der Waals surface area contributed by atoms with Crippen LogP contribution >= 0.6 is 0 Å². The molecule has 1 aromatic rings. The second kappa shape index (κ2) is 8.69. The summed E-state index contributed by atoms with van der Waals surface area (Å²) in [6.45, 7) is 9.93. The number of carbonyl (C=O) groups excluding carboxylic acids is 1. The topological polar surface area (TPSA) is 72.9 Å². The van der Waals surface area contributed by atoms with Gasteiger partial charge in [0.15, 0.2) is 5.96 Å². The van der Waals surface area contributed by atoms with Gasteiger partial charge in [-0.15, -0.1) is 0 Å². The molecule has 2 N–H and O–H groups in total. The molecule has 1 aromatic heterocycles. The Balaban J connectivity index is 1.72. The Kier molecular flexibility index (Phi) is 6.61. The fourth-order valence-electron chi connectivity index (χ4n) is 2.71. The van der Waals surface area contributed by atoms with Crippen LogP contribution in [-0.2, 0) is 4.79 Å². The number of nitrogens with one attached hydrogen (secondary N) is 2. The Bertz CT molecular complexity index is 573. The zero-order valence-corrected chi connectivity index (χ0v) is 15.7. The van der Waals surface area contributed by atoms with Gasteiger partial charge in [-0.25, -0.2) is 4.98 Å². The van der Waals surface area contributed by atoms with E-state index < -0.39 is 0 Å². The van der Waals surface area contributed by atoms with E-state index in [-0.39, 0.29) is 11.4 Å². The predicted octanol–water partition coefficient (Wildman–Crippen LogP) is 1.08. The van der Waals surface area contributed by atoms with Gasteiger partial charge in [0, 0.05) is 57.9 Å². The molecule has 7 nitrogen and oxygen atoms in total. The van der Waals surface area contributed by atoms with E-state index in [1.807, 2.05) is 23.1 Å². The molecule has 0 saturated carbocycles. The van der Waals surface area contributed by atoms with E-state index in [4.69, 9.17) is 0 Å². The second-order valence-corrected chi connectivity index (χ2v) is 7.18. The van der Waals surface area contributed by atoms with Crippen LogP contribution in [0.4, 0.5) is 5.82 Å². The van der Waals surface area contributed by atoms with Gasteiger partial charge in [0.2, 0.25) is 5.91 Å². The van der Waals surface area contributed by atoms with Gasteiger partial charge in [0.05, 0.1) is 0 Å². The Labute approximate surface area is 150 Å². The number of hydrogen-bond donors (Lipinski definition) is 2. The summed E-state index contributed by atoms with van der Waals surface area (Å²) in [5, 5.41) is 6.49. The van der Waals surface area contributed by atoms with Crippen molar-refractivity contribution in [2.75, 3.05) is 44.7 Å². The fraction of sp³-hybridized carbons (Fsp3) is 0.611. The summed E-state index contributed by atoms with van der Waals surface area (Å²) in [7, 11) is 1.74. The van der Waals surface area contributed by atoms with Gasteiger partial charge in [0.1, 0.15) is 5.82 Å². The standard InChI is InChI=1S/C18H30N6O/c1-18(2,3)22-17(19-4)21-10-8-16(25)24-13-11-23(12-14-24)15-7-5-6-9-20-15/h5-7,9H,8,10-14H2,1-4H3,(H2,19,21,22). The zero-order valence-electron chi connectivity index (χ0n) is 15.7. The minimum Gasteiger partial charge on any atom is -0.356 e. The highest BCUT2D eigenvalue weighted by Gasteiger charge is 2.21. The second-order valence-electron chi connectivity index (χ2n) is 7.18. The molecule has 0 aliphatic carbocycles. The van der Waals surface area contributed by atoms with Crippen LogP contribution in [0.3, 0.4) is 0 Å². The van der Waals surface area contributed by atoms with Gasteiger partial charge in [-0.2, -0.15) is 0 Å². The molecule has 7 heteroatoms. The molecule has 138 valence electrons. The summed E-state index contributed by atoms with van der Waals surface area (Å²) in [5.74, 6) is 1.88. The Morgan fingerprint density at radius 1 is 1.24 bits per heavy atom. The molecule has 0 radical (unpaired) electrons. The van der Waals surface area contributed by atoms with E-state index in [0.717, 1.165) is 38.0 Å². The number of carbonyl (C=O) groups is 1. The van der Waals surface area contributed by atoms with Gasteiger partial charge in [0.25, 0.3) is 0 Å². The minimum absolute atomic E-state index is 0.0619. The van der Waals surface area contributed by atoms with Crippen LogP contribution in [0.5, 0.6) is 0 Å². The van der Waals surface area contributed by atoms with Crippen molar-refractivity contribution in [2.45, 2.75) is 32.7 Å². The van der Waals surface area contributed by atoms with Crippen LogP contribution < -0.4 is 15.5 Å². The smallest absolute Gasteiger partial charge is 0.224 e. The van der Waals surface area contributed by atoms with Crippen LogP contribution in [0.25, 0.3) is 0 Å². The highest BCUT2D eigenvalue weighted by atomic mass is 16.2. The molecule has 2 rings (SSSR count). The zero-order chi connectivity index (χ0) is 18.3. The number of pyridine rings is 1. The van der Waals surface area contributed by atoms with Crippen LogP contribution in [0.1, 0.15) is 27.2 Å². The van der Waals surface area contributed by atoms with Crippen molar-refractivity contribution in [3.63, 3.8) is 0 Å². The first-order valence-electron chi connectivity index (χ1n) is 8.81. The van der Waals surface area contributed by atoms with Crippen molar-refractivity contribution < 1.29 is 4.79 Å². The van der Waals surface area contributed by atoms with Crippen molar-refractivity contribution in [2.24, 2.45) is 4.99 Å². The number of aliphatic imine (C=N–C) groups is 1. The molecule has 0 unspecified atom stereocenters. The van der Waals surface area contributed by atoms with E-state index in [1.165, 1.54) is 0 Å². The number of guanidine groups is 1. The van der Waals surface area contributed by atoms with Gasteiger partial charge >= 0.3 is 0 Å². The van der Waals surface area contributed by atoms with E-state index in [0.29, 0.717) is 13.0 Å². The fourth-order valence-corrected chi connectivity index (χ4v) is 2.71. The van der Waals surface area contributed by atoms with Crippen molar-refractivity contribution in [1.82, 2.24) is 20.5 Å². The van der Waals surface area contributed by atoms with Crippen LogP contribution in [0, 0.1) is 0 Å². The van der Waals surface area contributed by atoms with Gasteiger partial charge in [-0.3, -0.25) is 9.79 Å². The van der Waals surface area contributed by atoms with E-state index in [1.54, 1.807) is 13.2 Å². The lowest BCUT2D eigenvalue weighted by Crippen LogP contribution is -2.50. The minimum atomic E-state index is -0.0619. The number of piperazine rings is 1. The van der Waals surface area contributed by atoms with Crippen LogP contribution in [0.2, 0.25) is 0 Å². The summed E-state index contributed by atoms with van der Waals surface area (Å²) in [6, 6.07) is 5.91. The van der Waals surface area contributed by atoms with Gasteiger partial charge < -0.3 is 20.4 Å². The number of amides is 1. The largest absolute Gasteiger partial charge is 0.356 e. The maximum atomic E-state index is 12.4. The first-order chi connectivity index (χ1) is 11.9. The van der Waals surface area contributed by atoms with Crippen molar-refractivity contribution in [3.05, 3.63) is 24.4 Å². The predicted molar refractivity (Wildman–Crippen MR) is 102 cm³/mol. The Morgan fingerprint density at radius 2 is 1.96 bits per heavy atom. The van der Waals surface area contributed by atoms with Crippen molar-refractivity contribution in [1.29, 1.82) is 0 Å². The average molecular weight is 346 g/mol. The third-order valence-electron chi connectivity index (χ3n) is 3.95. The maximum Gasteiger partial charge on any atom is 0.224 e. The first-order valence-corrected chi connectivity index (χ1v) is 8.81. The van der Waals surface area contributed by atoms with Gasteiger partial charge in [-0.1, -0.05) is 6.07 Å². The molecule has 0 aromatic carbocycles. The normalized spacial score (nSPS) is 15.9. The number of anilines is 1. The third-order valence-corrected chi connectivity index (χ3v) is 3.95. The summed E-state index contributed by atoms with van der Waals surface area (Å²) >= 11 is 0. The van der Waals surface area contributed by atoms with E-state index >= 15 is 0 Å². The summed E-state index contributed by atoms with van der Waals surface area (Å²) in [6.07, 6.45) is 2.27. The number of hydrogen-bond acceptors (Lipinski definition) is 4. The lowest BCUT2D eigenvalue weighted by molar-refractivity contribution is -0.131. The maximum absolute atomic E-state index is 12.4. The molecule has 1 aliphatic rings. The molecule has 2 heterocycles. The molecule has 1 aliphatic heterocycles. The lowest BCUT2D eigenvalue weighted by Gasteiger charge is -2.35. The summed E-state index contributed by atoms with van der Waals surface area (Å²) < 4.78 is 0. The quantitative estimate of drug-likeness (QED) is 0.631. The molecule has 0 spiro atoms. The molecule has 1 amide bonds. The molecular weight excluding hydrogens is 316 g/mol. The molecule has 1 fully saturated rings. The Morgan fingerprint density at radius 3 is 2.52 bits per heavy atom. The third kappa shape index (κ3) is 6.25. The lowest BCUT2D eigenvalue weighted by atomic mass is 10.1. The van der Waals surface area contributed by atoms with Crippen LogP contribution in [0.15, 0.2) is 29.4 Å². The van der Waals surface area contributed by atoms with Crippen LogP contribution in [-0.4, -0.2) is 67.1 Å². The monoisotopic (exact) mass is 346 g/mol. The average Bonchev–Trinajstić information content (AvgIpc) is 2.60. The highest BCUT2D eigenvalue weighted by molar-refractivity contribution is 5.81. The van der Waals surface area contributed by atoms with E-state index in [9.17, 15) is 4.79 Å². The Hall–Kier alpha value is -2.31. The molecular formula is C18H30N6O. The van der Waals surface area contributed by atoms with Gasteiger partial charge in [-0.05, 0) is 32.9 Å². The van der Waals surface area contributed by atoms with Crippen molar-refractivity contribution in [3.8, 4) is 0 Å². The first kappa shape index (κ1) is 19.0.